The first-order chi connectivity index (χ1) is 8.79. The number of fused-ring (bicyclic) bond motifs is 1. The van der Waals surface area contributed by atoms with Crippen LogP contribution in [0, 0.1) is 5.41 Å². The molecule has 2 rings (SSSR count). The normalized spacial score (nSPS) is 16.3. The van der Waals surface area contributed by atoms with Crippen molar-refractivity contribution in [1.29, 1.82) is 0 Å². The van der Waals surface area contributed by atoms with Crippen molar-refractivity contribution in [2.45, 2.75) is 33.3 Å². The average molecular weight is 263 g/mol. The lowest BCUT2D eigenvalue weighted by Gasteiger charge is -2.31. The Morgan fingerprint density at radius 1 is 1.42 bits per heavy atom. The van der Waals surface area contributed by atoms with E-state index in [2.05, 4.69) is 4.90 Å². The van der Waals surface area contributed by atoms with Gasteiger partial charge < -0.3 is 15.1 Å². The van der Waals surface area contributed by atoms with E-state index in [9.17, 15) is 9.90 Å². The van der Waals surface area contributed by atoms with Gasteiger partial charge in [0.05, 0.1) is 11.7 Å². The second kappa shape index (κ2) is 4.85. The highest BCUT2D eigenvalue weighted by molar-refractivity contribution is 5.88. The number of β-amino-alcohol motifs (C(OH)–C–C–N with tert-alkyl or cyclic N) is 1. The molecule has 1 aromatic rings. The Morgan fingerprint density at radius 3 is 2.68 bits per heavy atom. The quantitative estimate of drug-likeness (QED) is 0.877. The highest BCUT2D eigenvalue weighted by Crippen LogP contribution is 2.30. The fourth-order valence-corrected chi connectivity index (χ4v) is 2.28. The minimum absolute atomic E-state index is 0.149. The summed E-state index contributed by atoms with van der Waals surface area (Å²) >= 11 is 0. The second-order valence-electron chi connectivity index (χ2n) is 6.23. The molecule has 1 atom stereocenters. The summed E-state index contributed by atoms with van der Waals surface area (Å²) in [5.41, 5.74) is 2.29. The molecule has 0 amide bonds. The summed E-state index contributed by atoms with van der Waals surface area (Å²) in [6.45, 7) is 7.47. The van der Waals surface area contributed by atoms with Crippen molar-refractivity contribution in [3.63, 3.8) is 0 Å². The van der Waals surface area contributed by atoms with Gasteiger partial charge in [-0.15, -0.1) is 0 Å². The number of benzene rings is 1. The number of hydrogen-bond donors (Lipinski definition) is 2. The van der Waals surface area contributed by atoms with Crippen LogP contribution in [-0.4, -0.2) is 35.4 Å². The van der Waals surface area contributed by atoms with E-state index in [-0.39, 0.29) is 5.41 Å². The van der Waals surface area contributed by atoms with E-state index in [0.717, 1.165) is 24.2 Å². The van der Waals surface area contributed by atoms with Crippen molar-refractivity contribution in [2.24, 2.45) is 5.41 Å². The zero-order valence-corrected chi connectivity index (χ0v) is 11.7. The first-order valence-corrected chi connectivity index (χ1v) is 6.58. The number of aliphatic hydroxyl groups is 1. The van der Waals surface area contributed by atoms with Crippen LogP contribution in [0.4, 0.5) is 5.69 Å². The Bertz CT molecular complexity index is 491. The predicted octanol–water partition coefficient (Wildman–Crippen LogP) is 2.15. The second-order valence-corrected chi connectivity index (χ2v) is 6.23. The number of aromatic carboxylic acids is 1. The lowest BCUT2D eigenvalue weighted by Crippen LogP contribution is -2.38. The van der Waals surface area contributed by atoms with E-state index >= 15 is 0 Å². The molecule has 0 fully saturated rings. The molecule has 0 saturated carbocycles. The summed E-state index contributed by atoms with van der Waals surface area (Å²) in [7, 11) is 0. The minimum atomic E-state index is -0.893. The maximum Gasteiger partial charge on any atom is 0.335 e. The van der Waals surface area contributed by atoms with Crippen molar-refractivity contribution >= 4 is 11.7 Å². The molecule has 0 aliphatic carbocycles. The number of carbonyl (C=O) groups is 1. The van der Waals surface area contributed by atoms with E-state index in [0.29, 0.717) is 12.1 Å². The summed E-state index contributed by atoms with van der Waals surface area (Å²) in [5.74, 6) is -0.893. The van der Waals surface area contributed by atoms with Crippen molar-refractivity contribution in [2.75, 3.05) is 18.0 Å². The molecule has 4 nitrogen and oxygen atoms in total. The summed E-state index contributed by atoms with van der Waals surface area (Å²) < 4.78 is 0. The Kier molecular flexibility index (Phi) is 3.54. The molecule has 19 heavy (non-hydrogen) atoms. The van der Waals surface area contributed by atoms with Crippen LogP contribution in [0.25, 0.3) is 0 Å². The molecule has 1 aliphatic rings. The third kappa shape index (κ3) is 2.89. The molecule has 4 heteroatoms. The van der Waals surface area contributed by atoms with E-state index in [4.69, 9.17) is 5.11 Å². The van der Waals surface area contributed by atoms with Crippen molar-refractivity contribution in [3.8, 4) is 0 Å². The minimum Gasteiger partial charge on any atom is -0.478 e. The topological polar surface area (TPSA) is 60.8 Å². The monoisotopic (exact) mass is 263 g/mol. The number of aliphatic hydroxyl groups excluding tert-OH is 1. The van der Waals surface area contributed by atoms with Crippen molar-refractivity contribution in [3.05, 3.63) is 29.3 Å². The Labute approximate surface area is 113 Å². The van der Waals surface area contributed by atoms with Crippen LogP contribution in [0.1, 0.15) is 36.7 Å². The average Bonchev–Trinajstić information content (AvgIpc) is 2.70. The highest BCUT2D eigenvalue weighted by Gasteiger charge is 2.28. The highest BCUT2D eigenvalue weighted by atomic mass is 16.4. The molecule has 0 aromatic heterocycles. The van der Waals surface area contributed by atoms with Crippen LogP contribution < -0.4 is 4.90 Å². The molecule has 2 N–H and O–H groups in total. The third-order valence-corrected chi connectivity index (χ3v) is 3.71. The van der Waals surface area contributed by atoms with Crippen LogP contribution in [0.5, 0.6) is 0 Å². The standard InChI is InChI=1S/C15H21NO3/c1-15(2,3)13(17)9-16-7-6-10-8-11(14(18)19)4-5-12(10)16/h4-5,8,13,17H,6-7,9H2,1-3H3,(H,18,19). The maximum absolute atomic E-state index is 10.9. The van der Waals surface area contributed by atoms with Crippen LogP contribution in [0.15, 0.2) is 18.2 Å². The molecule has 1 aromatic carbocycles. The lowest BCUT2D eigenvalue weighted by molar-refractivity contribution is 0.0691. The molecule has 0 radical (unpaired) electrons. The zero-order chi connectivity index (χ0) is 14.2. The zero-order valence-electron chi connectivity index (χ0n) is 11.7. The number of nitrogens with zero attached hydrogens (tertiary/aromatic N) is 1. The van der Waals surface area contributed by atoms with E-state index in [1.807, 2.05) is 26.8 Å². The van der Waals surface area contributed by atoms with Crippen LogP contribution in [0.3, 0.4) is 0 Å². The van der Waals surface area contributed by atoms with Crippen molar-refractivity contribution in [1.82, 2.24) is 0 Å². The molecule has 0 bridgehead atoms. The van der Waals surface area contributed by atoms with Gasteiger partial charge in [0, 0.05) is 18.8 Å². The number of carboxylic acids is 1. The molecule has 1 heterocycles. The van der Waals surface area contributed by atoms with Gasteiger partial charge in [-0.1, -0.05) is 20.8 Å². The molecular formula is C15H21NO3. The SMILES string of the molecule is CC(C)(C)C(O)CN1CCc2cc(C(=O)O)ccc21. The Balaban J connectivity index is 2.17. The number of rotatable bonds is 3. The molecular weight excluding hydrogens is 242 g/mol. The van der Waals surface area contributed by atoms with Gasteiger partial charge in [0.15, 0.2) is 0 Å². The number of anilines is 1. The number of hydrogen-bond acceptors (Lipinski definition) is 3. The fraction of sp³-hybridized carbons (Fsp3) is 0.533. The largest absolute Gasteiger partial charge is 0.478 e. The third-order valence-electron chi connectivity index (χ3n) is 3.71. The van der Waals surface area contributed by atoms with Gasteiger partial charge in [0.1, 0.15) is 0 Å². The Morgan fingerprint density at radius 2 is 2.11 bits per heavy atom. The summed E-state index contributed by atoms with van der Waals surface area (Å²) in [6, 6.07) is 5.21. The first-order valence-electron chi connectivity index (χ1n) is 6.58. The van der Waals surface area contributed by atoms with Gasteiger partial charge in [0.25, 0.3) is 0 Å². The van der Waals surface area contributed by atoms with Crippen LogP contribution in [0.2, 0.25) is 0 Å². The van der Waals surface area contributed by atoms with Crippen molar-refractivity contribution < 1.29 is 15.0 Å². The molecule has 0 spiro atoms. The van der Waals surface area contributed by atoms with E-state index < -0.39 is 12.1 Å². The molecule has 1 unspecified atom stereocenters. The molecule has 104 valence electrons. The Hall–Kier alpha value is -1.55. The summed E-state index contributed by atoms with van der Waals surface area (Å²) in [6.07, 6.45) is 0.436. The van der Waals surface area contributed by atoms with Gasteiger partial charge in [-0.25, -0.2) is 4.79 Å². The summed E-state index contributed by atoms with van der Waals surface area (Å²) in [4.78, 5) is 13.1. The maximum atomic E-state index is 10.9. The van der Waals surface area contributed by atoms with Gasteiger partial charge >= 0.3 is 5.97 Å². The predicted molar refractivity (Wildman–Crippen MR) is 74.8 cm³/mol. The van der Waals surface area contributed by atoms with Gasteiger partial charge in [-0.3, -0.25) is 0 Å². The van der Waals surface area contributed by atoms with Gasteiger partial charge in [-0.05, 0) is 35.6 Å². The van der Waals surface area contributed by atoms with E-state index in [1.165, 1.54) is 0 Å². The van der Waals surface area contributed by atoms with E-state index in [1.54, 1.807) is 12.1 Å². The van der Waals surface area contributed by atoms with Gasteiger partial charge in [0.2, 0.25) is 0 Å². The smallest absolute Gasteiger partial charge is 0.335 e. The molecule has 0 saturated heterocycles. The van der Waals surface area contributed by atoms with Crippen LogP contribution in [-0.2, 0) is 6.42 Å². The lowest BCUT2D eigenvalue weighted by atomic mass is 9.89. The number of carboxylic acid groups (broad SMARTS) is 1. The summed E-state index contributed by atoms with van der Waals surface area (Å²) in [5, 5.41) is 19.2. The van der Waals surface area contributed by atoms with Gasteiger partial charge in [-0.2, -0.15) is 0 Å². The molecule has 1 aliphatic heterocycles. The fourth-order valence-electron chi connectivity index (χ4n) is 2.28. The first kappa shape index (κ1) is 13.9. The van der Waals surface area contributed by atoms with Crippen LogP contribution >= 0.6 is 0 Å².